The highest BCUT2D eigenvalue weighted by Gasteiger charge is 2.19. The van der Waals surface area contributed by atoms with E-state index in [0.29, 0.717) is 24.4 Å². The van der Waals surface area contributed by atoms with Gasteiger partial charge in [-0.05, 0) is 36.8 Å². The van der Waals surface area contributed by atoms with Gasteiger partial charge in [0, 0.05) is 24.2 Å². The smallest absolute Gasteiger partial charge is 0.388 e. The number of benzene rings is 2. The maximum absolute atomic E-state index is 12.5. The second-order valence-electron chi connectivity index (χ2n) is 6.81. The van der Waals surface area contributed by atoms with E-state index in [1.807, 2.05) is 6.07 Å². The van der Waals surface area contributed by atoms with Crippen molar-refractivity contribution in [3.05, 3.63) is 65.1 Å². The molecule has 0 saturated heterocycles. The summed E-state index contributed by atoms with van der Waals surface area (Å²) in [7, 11) is -3.81. The molecule has 160 valence electrons. The zero-order valence-electron chi connectivity index (χ0n) is 16.3. The highest BCUT2D eigenvalue weighted by atomic mass is 32.2. The number of amides is 1. The van der Waals surface area contributed by atoms with Gasteiger partial charge in [-0.2, -0.15) is 4.68 Å². The summed E-state index contributed by atoms with van der Waals surface area (Å²) >= 11 is 0. The third kappa shape index (κ3) is 4.89. The number of hydrogen-bond donors (Lipinski definition) is 2. The topological polar surface area (TPSA) is 136 Å². The molecule has 0 unspecified atom stereocenters. The van der Waals surface area contributed by atoms with Crippen molar-refractivity contribution in [3.8, 4) is 11.5 Å². The average molecular weight is 441 g/mol. The SMILES string of the molecule is O=C(Cn1nc(-c2ccccc2)oc1=O)Nc1cccc(S(=O)(=O)NC2=NCCC2)c1. The molecule has 1 amide bonds. The molecular weight excluding hydrogens is 422 g/mol. The van der Waals surface area contributed by atoms with Gasteiger partial charge < -0.3 is 9.73 Å². The Hall–Kier alpha value is -3.73. The van der Waals surface area contributed by atoms with Gasteiger partial charge >= 0.3 is 5.76 Å². The Morgan fingerprint density at radius 2 is 1.94 bits per heavy atom. The molecule has 1 aliphatic heterocycles. The summed E-state index contributed by atoms with van der Waals surface area (Å²) < 4.78 is 33.5. The summed E-state index contributed by atoms with van der Waals surface area (Å²) in [6.07, 6.45) is 1.38. The van der Waals surface area contributed by atoms with Crippen LogP contribution in [0.1, 0.15) is 12.8 Å². The largest absolute Gasteiger partial charge is 0.437 e. The number of carbonyl (C=O) groups excluding carboxylic acids is 1. The van der Waals surface area contributed by atoms with E-state index < -0.39 is 21.7 Å². The Morgan fingerprint density at radius 3 is 2.68 bits per heavy atom. The van der Waals surface area contributed by atoms with Gasteiger partial charge in [0.25, 0.3) is 10.0 Å². The number of aromatic nitrogens is 2. The minimum atomic E-state index is -3.81. The number of rotatable bonds is 6. The summed E-state index contributed by atoms with van der Waals surface area (Å²) in [5, 5.41) is 6.60. The molecule has 0 aliphatic carbocycles. The first-order chi connectivity index (χ1) is 14.9. The van der Waals surface area contributed by atoms with Crippen molar-refractivity contribution in [1.29, 1.82) is 0 Å². The second kappa shape index (κ2) is 8.56. The number of nitrogens with one attached hydrogen (secondary N) is 2. The lowest BCUT2D eigenvalue weighted by Crippen LogP contribution is -2.29. The fourth-order valence-electron chi connectivity index (χ4n) is 3.02. The van der Waals surface area contributed by atoms with E-state index in [4.69, 9.17) is 4.42 Å². The molecule has 1 aliphatic rings. The van der Waals surface area contributed by atoms with Crippen LogP contribution in [0.2, 0.25) is 0 Å². The average Bonchev–Trinajstić information content (AvgIpc) is 3.38. The van der Waals surface area contributed by atoms with Crippen molar-refractivity contribution >= 4 is 27.5 Å². The Morgan fingerprint density at radius 1 is 1.13 bits per heavy atom. The molecule has 0 spiro atoms. The molecule has 10 nitrogen and oxygen atoms in total. The van der Waals surface area contributed by atoms with Crippen LogP contribution in [-0.2, 0) is 21.4 Å². The summed E-state index contributed by atoms with van der Waals surface area (Å²) in [6, 6.07) is 14.6. The predicted molar refractivity (Wildman–Crippen MR) is 113 cm³/mol. The predicted octanol–water partition coefficient (Wildman–Crippen LogP) is 1.61. The van der Waals surface area contributed by atoms with E-state index in [1.165, 1.54) is 18.2 Å². The normalized spacial score (nSPS) is 13.6. The molecule has 2 aromatic carbocycles. The van der Waals surface area contributed by atoms with Crippen LogP contribution in [0.25, 0.3) is 11.5 Å². The van der Waals surface area contributed by atoms with Crippen LogP contribution in [0.3, 0.4) is 0 Å². The maximum Gasteiger partial charge on any atom is 0.437 e. The van der Waals surface area contributed by atoms with E-state index in [2.05, 4.69) is 20.1 Å². The van der Waals surface area contributed by atoms with E-state index in [9.17, 15) is 18.0 Å². The lowest BCUT2D eigenvalue weighted by atomic mass is 10.2. The standard InChI is InChI=1S/C20H19N5O5S/c26-18(13-25-20(27)30-19(23-25)14-6-2-1-3-7-14)22-15-8-4-9-16(12-15)31(28,29)24-17-10-5-11-21-17/h1-4,6-9,12H,5,10-11,13H2,(H,21,24)(H,22,26). The number of anilines is 1. The molecule has 2 heterocycles. The van der Waals surface area contributed by atoms with Crippen LogP contribution in [0.15, 0.2) is 73.7 Å². The van der Waals surface area contributed by atoms with Gasteiger partial charge in [-0.3, -0.25) is 14.5 Å². The summed E-state index contributed by atoms with van der Waals surface area (Å²) in [5.74, 6) is -0.800. The van der Waals surface area contributed by atoms with Gasteiger partial charge in [-0.1, -0.05) is 24.3 Å². The highest BCUT2D eigenvalue weighted by Crippen LogP contribution is 2.17. The Bertz CT molecular complexity index is 1290. The first-order valence-corrected chi connectivity index (χ1v) is 11.0. The van der Waals surface area contributed by atoms with Crippen LogP contribution in [-0.4, -0.2) is 36.5 Å². The van der Waals surface area contributed by atoms with Gasteiger partial charge in [-0.25, -0.2) is 13.2 Å². The van der Waals surface area contributed by atoms with E-state index in [1.54, 1.807) is 30.3 Å². The highest BCUT2D eigenvalue weighted by molar-refractivity contribution is 7.90. The van der Waals surface area contributed by atoms with E-state index in [0.717, 1.165) is 11.1 Å². The lowest BCUT2D eigenvalue weighted by Gasteiger charge is -2.10. The zero-order valence-corrected chi connectivity index (χ0v) is 17.1. The monoisotopic (exact) mass is 441 g/mol. The quantitative estimate of drug-likeness (QED) is 0.597. The number of nitrogens with zero attached hydrogens (tertiary/aromatic N) is 3. The Labute approximate surface area is 177 Å². The van der Waals surface area contributed by atoms with E-state index >= 15 is 0 Å². The van der Waals surface area contributed by atoms with Crippen LogP contribution in [0.5, 0.6) is 0 Å². The van der Waals surface area contributed by atoms with Crippen molar-refractivity contribution in [2.75, 3.05) is 11.9 Å². The van der Waals surface area contributed by atoms with Crippen LogP contribution < -0.4 is 15.8 Å². The van der Waals surface area contributed by atoms with Crippen molar-refractivity contribution in [1.82, 2.24) is 14.5 Å². The molecule has 4 rings (SSSR count). The summed E-state index contributed by atoms with van der Waals surface area (Å²) in [6.45, 7) is 0.211. The van der Waals surface area contributed by atoms with Gasteiger partial charge in [0.05, 0.1) is 4.90 Å². The van der Waals surface area contributed by atoms with Crippen LogP contribution >= 0.6 is 0 Å². The molecule has 0 bridgehead atoms. The summed E-state index contributed by atoms with van der Waals surface area (Å²) in [4.78, 5) is 28.5. The molecule has 0 fully saturated rings. The first kappa shape index (κ1) is 20.5. The van der Waals surface area contributed by atoms with Crippen LogP contribution in [0, 0.1) is 0 Å². The van der Waals surface area contributed by atoms with Crippen molar-refractivity contribution in [3.63, 3.8) is 0 Å². The fraction of sp³-hybridized carbons (Fsp3) is 0.200. The molecule has 11 heteroatoms. The number of carbonyl (C=O) groups is 1. The Balaban J connectivity index is 1.45. The minimum Gasteiger partial charge on any atom is -0.388 e. The molecule has 1 aromatic heterocycles. The number of amidine groups is 1. The number of sulfonamides is 1. The van der Waals surface area contributed by atoms with Gasteiger partial charge in [0.15, 0.2) is 0 Å². The first-order valence-electron chi connectivity index (χ1n) is 9.50. The molecule has 3 aromatic rings. The second-order valence-corrected chi connectivity index (χ2v) is 8.49. The molecule has 0 radical (unpaired) electrons. The number of hydrogen-bond acceptors (Lipinski definition) is 7. The van der Waals surface area contributed by atoms with Crippen molar-refractivity contribution < 1.29 is 17.6 Å². The van der Waals surface area contributed by atoms with E-state index in [-0.39, 0.29) is 23.0 Å². The van der Waals surface area contributed by atoms with Crippen LogP contribution in [0.4, 0.5) is 5.69 Å². The van der Waals surface area contributed by atoms with Gasteiger partial charge in [0.2, 0.25) is 11.8 Å². The fourth-order valence-corrected chi connectivity index (χ4v) is 4.15. The molecule has 2 N–H and O–H groups in total. The molecule has 31 heavy (non-hydrogen) atoms. The minimum absolute atomic E-state index is 0.00938. The third-order valence-electron chi connectivity index (χ3n) is 4.48. The van der Waals surface area contributed by atoms with Gasteiger partial charge in [-0.15, -0.1) is 5.10 Å². The molecular formula is C20H19N5O5S. The number of aliphatic imine (C=N–C) groups is 1. The third-order valence-corrected chi connectivity index (χ3v) is 5.85. The molecule has 0 saturated carbocycles. The van der Waals surface area contributed by atoms with Crippen molar-refractivity contribution in [2.45, 2.75) is 24.3 Å². The summed E-state index contributed by atoms with van der Waals surface area (Å²) in [5.41, 5.74) is 0.872. The maximum atomic E-state index is 12.5. The Kier molecular flexibility index (Phi) is 5.67. The van der Waals surface area contributed by atoms with Gasteiger partial charge in [0.1, 0.15) is 12.4 Å². The zero-order chi connectivity index (χ0) is 21.8. The molecule has 0 atom stereocenters. The van der Waals surface area contributed by atoms with Crippen molar-refractivity contribution in [2.24, 2.45) is 4.99 Å². The lowest BCUT2D eigenvalue weighted by molar-refractivity contribution is -0.117.